The number of carboxylic acid groups (broad SMARTS) is 1. The first-order chi connectivity index (χ1) is 5.99. The van der Waals surface area contributed by atoms with Gasteiger partial charge in [-0.1, -0.05) is 0 Å². The van der Waals surface area contributed by atoms with Crippen LogP contribution in [0.1, 0.15) is 12.8 Å². The molecule has 6 heteroatoms. The van der Waals surface area contributed by atoms with E-state index in [9.17, 15) is 13.9 Å². The monoisotopic (exact) mass is 226 g/mol. The van der Waals surface area contributed by atoms with Crippen LogP contribution >= 0.6 is 22.4 Å². The molecule has 3 N–H and O–H groups in total. The van der Waals surface area contributed by atoms with Gasteiger partial charge in [-0.15, -0.1) is 0 Å². The standard InChI is InChI=1S/C7H14O4S2/c8-7(9)1-3-12-6-2-4-13(10,11)5-6/h6,10-11H,1-5H2,(H,8,9)/t6-/m0/s1. The number of thioether (sulfide) groups is 1. The second-order valence-corrected chi connectivity index (χ2v) is 6.85. The predicted molar refractivity (Wildman–Crippen MR) is 55.7 cm³/mol. The molecule has 0 radical (unpaired) electrons. The summed E-state index contributed by atoms with van der Waals surface area (Å²) >= 11 is 1.53. The molecule has 0 aromatic rings. The fourth-order valence-electron chi connectivity index (χ4n) is 1.23. The third-order valence-electron chi connectivity index (χ3n) is 1.89. The van der Waals surface area contributed by atoms with Crippen molar-refractivity contribution in [2.45, 2.75) is 18.1 Å². The lowest BCUT2D eigenvalue weighted by Gasteiger charge is -2.25. The minimum absolute atomic E-state index is 0.153. The fraction of sp³-hybridized carbons (Fsp3) is 0.857. The van der Waals surface area contributed by atoms with E-state index in [4.69, 9.17) is 5.11 Å². The third kappa shape index (κ3) is 4.21. The first-order valence-corrected chi connectivity index (χ1v) is 7.00. The lowest BCUT2D eigenvalue weighted by atomic mass is 10.4. The summed E-state index contributed by atoms with van der Waals surface area (Å²) in [5.41, 5.74) is 0. The van der Waals surface area contributed by atoms with Crippen molar-refractivity contribution >= 4 is 28.3 Å². The van der Waals surface area contributed by atoms with Gasteiger partial charge in [0.05, 0.1) is 6.42 Å². The number of aliphatic carboxylic acids is 1. The van der Waals surface area contributed by atoms with Crippen molar-refractivity contribution in [3.63, 3.8) is 0 Å². The van der Waals surface area contributed by atoms with E-state index < -0.39 is 16.6 Å². The van der Waals surface area contributed by atoms with Crippen LogP contribution in [0.15, 0.2) is 0 Å². The summed E-state index contributed by atoms with van der Waals surface area (Å²) in [7, 11) is -2.31. The van der Waals surface area contributed by atoms with Crippen LogP contribution in [0.25, 0.3) is 0 Å². The zero-order valence-electron chi connectivity index (χ0n) is 7.18. The largest absolute Gasteiger partial charge is 0.481 e. The molecule has 0 amide bonds. The van der Waals surface area contributed by atoms with Gasteiger partial charge in [-0.05, 0) is 6.42 Å². The summed E-state index contributed by atoms with van der Waals surface area (Å²) in [6, 6.07) is 0. The smallest absolute Gasteiger partial charge is 0.304 e. The highest BCUT2D eigenvalue weighted by Gasteiger charge is 2.28. The van der Waals surface area contributed by atoms with E-state index in [-0.39, 0.29) is 11.7 Å². The highest BCUT2D eigenvalue weighted by molar-refractivity contribution is 8.25. The van der Waals surface area contributed by atoms with Crippen LogP contribution in [0.4, 0.5) is 0 Å². The Kier molecular flexibility index (Phi) is 3.90. The van der Waals surface area contributed by atoms with Gasteiger partial charge in [-0.25, -0.2) is 0 Å². The average molecular weight is 226 g/mol. The number of hydrogen-bond donors (Lipinski definition) is 3. The Morgan fingerprint density at radius 2 is 2.23 bits per heavy atom. The van der Waals surface area contributed by atoms with Crippen LogP contribution in [-0.4, -0.2) is 42.7 Å². The Labute approximate surface area is 83.1 Å². The highest BCUT2D eigenvalue weighted by atomic mass is 32.3. The van der Waals surface area contributed by atoms with E-state index in [1.165, 1.54) is 11.8 Å². The summed E-state index contributed by atoms with van der Waals surface area (Å²) in [6.07, 6.45) is 0.951. The van der Waals surface area contributed by atoms with Crippen LogP contribution in [-0.2, 0) is 4.79 Å². The maximum atomic E-state index is 10.2. The molecule has 13 heavy (non-hydrogen) atoms. The first kappa shape index (κ1) is 11.2. The fourth-order valence-corrected chi connectivity index (χ4v) is 4.92. The molecule has 0 aliphatic carbocycles. The zero-order valence-corrected chi connectivity index (χ0v) is 8.81. The Morgan fingerprint density at radius 1 is 1.54 bits per heavy atom. The van der Waals surface area contributed by atoms with E-state index in [1.54, 1.807) is 0 Å². The SMILES string of the molecule is O=C(O)CCS[C@H]1CCS(O)(O)C1. The molecule has 4 nitrogen and oxygen atoms in total. The van der Waals surface area contributed by atoms with E-state index in [1.807, 2.05) is 0 Å². The summed E-state index contributed by atoms with van der Waals surface area (Å²) in [4.78, 5) is 10.2. The first-order valence-electron chi connectivity index (χ1n) is 4.06. The van der Waals surface area contributed by atoms with E-state index >= 15 is 0 Å². The highest BCUT2D eigenvalue weighted by Crippen LogP contribution is 2.49. The van der Waals surface area contributed by atoms with Crippen LogP contribution in [0.5, 0.6) is 0 Å². The molecule has 0 unspecified atom stereocenters. The molecule has 78 valence electrons. The zero-order chi connectivity index (χ0) is 9.90. The average Bonchev–Trinajstić information content (AvgIpc) is 2.29. The molecule has 0 bridgehead atoms. The minimum atomic E-state index is -2.31. The summed E-state index contributed by atoms with van der Waals surface area (Å²) in [5, 5.41) is 8.62. The lowest BCUT2D eigenvalue weighted by molar-refractivity contribution is -0.136. The number of rotatable bonds is 4. The Bertz CT molecular complexity index is 195. The van der Waals surface area contributed by atoms with Gasteiger partial charge in [-0.3, -0.25) is 13.9 Å². The van der Waals surface area contributed by atoms with Gasteiger partial charge in [0.1, 0.15) is 0 Å². The number of hydrogen-bond acceptors (Lipinski definition) is 4. The van der Waals surface area contributed by atoms with Gasteiger partial charge < -0.3 is 5.11 Å². The molecule has 0 spiro atoms. The van der Waals surface area contributed by atoms with Gasteiger partial charge in [-0.2, -0.15) is 22.4 Å². The van der Waals surface area contributed by atoms with Crippen molar-refractivity contribution in [1.82, 2.24) is 0 Å². The van der Waals surface area contributed by atoms with Crippen LogP contribution in [0.3, 0.4) is 0 Å². The molecular formula is C7H14O4S2. The van der Waals surface area contributed by atoms with Crippen LogP contribution < -0.4 is 0 Å². The van der Waals surface area contributed by atoms with E-state index in [0.717, 1.165) is 6.42 Å². The van der Waals surface area contributed by atoms with Gasteiger partial charge >= 0.3 is 5.97 Å². The van der Waals surface area contributed by atoms with Gasteiger partial charge in [0.25, 0.3) is 0 Å². The van der Waals surface area contributed by atoms with Crippen molar-refractivity contribution in [1.29, 1.82) is 0 Å². The second kappa shape index (κ2) is 4.54. The minimum Gasteiger partial charge on any atom is -0.481 e. The molecular weight excluding hydrogens is 212 g/mol. The van der Waals surface area contributed by atoms with Crippen molar-refractivity contribution in [2.24, 2.45) is 0 Å². The van der Waals surface area contributed by atoms with E-state index in [0.29, 0.717) is 17.3 Å². The molecule has 1 atom stereocenters. The maximum absolute atomic E-state index is 10.2. The molecule has 1 heterocycles. The molecule has 0 aromatic carbocycles. The van der Waals surface area contributed by atoms with Crippen molar-refractivity contribution in [3.8, 4) is 0 Å². The van der Waals surface area contributed by atoms with Crippen LogP contribution in [0, 0.1) is 0 Å². The Balaban J connectivity index is 2.14. The Hall–Kier alpha value is 0.0900. The van der Waals surface area contributed by atoms with Gasteiger partial charge in [0, 0.05) is 22.5 Å². The molecule has 1 saturated heterocycles. The predicted octanol–water partition coefficient (Wildman–Crippen LogP) is 1.72. The molecule has 1 aliphatic heterocycles. The van der Waals surface area contributed by atoms with E-state index in [2.05, 4.69) is 0 Å². The summed E-state index contributed by atoms with van der Waals surface area (Å²) < 4.78 is 18.6. The van der Waals surface area contributed by atoms with Crippen molar-refractivity contribution in [2.75, 3.05) is 17.3 Å². The third-order valence-corrected chi connectivity index (χ3v) is 5.24. The van der Waals surface area contributed by atoms with Gasteiger partial charge in [0.2, 0.25) is 0 Å². The second-order valence-electron chi connectivity index (χ2n) is 3.10. The number of carbonyl (C=O) groups is 1. The maximum Gasteiger partial charge on any atom is 0.304 e. The van der Waals surface area contributed by atoms with Crippen molar-refractivity contribution in [3.05, 3.63) is 0 Å². The molecule has 0 aromatic heterocycles. The normalized spacial score (nSPS) is 28.6. The van der Waals surface area contributed by atoms with Crippen molar-refractivity contribution < 1.29 is 19.0 Å². The topological polar surface area (TPSA) is 77.8 Å². The quantitative estimate of drug-likeness (QED) is 0.680. The van der Waals surface area contributed by atoms with Gasteiger partial charge in [0.15, 0.2) is 0 Å². The molecule has 1 fully saturated rings. The Morgan fingerprint density at radius 3 is 2.69 bits per heavy atom. The summed E-state index contributed by atoms with van der Waals surface area (Å²) in [6.45, 7) is 0. The van der Waals surface area contributed by atoms with Crippen LogP contribution in [0.2, 0.25) is 0 Å². The summed E-state index contributed by atoms with van der Waals surface area (Å²) in [5.74, 6) is 0.696. The lowest BCUT2D eigenvalue weighted by Crippen LogP contribution is -2.06. The molecule has 0 saturated carbocycles. The molecule has 1 aliphatic rings. The number of carboxylic acids is 1. The molecule has 1 rings (SSSR count).